The summed E-state index contributed by atoms with van der Waals surface area (Å²) < 4.78 is 0. The summed E-state index contributed by atoms with van der Waals surface area (Å²) in [7, 11) is 1.92. The number of anilines is 2. The van der Waals surface area contributed by atoms with E-state index in [0.717, 1.165) is 35.0 Å². The highest BCUT2D eigenvalue weighted by atomic mass is 15.0. The molecule has 0 saturated heterocycles. The zero-order valence-electron chi connectivity index (χ0n) is 15.3. The highest BCUT2D eigenvalue weighted by Crippen LogP contribution is 2.32. The average molecular weight is 344 g/mol. The quantitative estimate of drug-likeness (QED) is 0.700. The molecule has 0 saturated carbocycles. The molecule has 0 spiro atoms. The van der Waals surface area contributed by atoms with Gasteiger partial charge in [0.1, 0.15) is 11.6 Å². The number of benzene rings is 2. The number of hydrogen-bond acceptors (Lipinski definition) is 4. The Bertz CT molecular complexity index is 902. The summed E-state index contributed by atoms with van der Waals surface area (Å²) in [5.41, 5.74) is 5.99. The Morgan fingerprint density at radius 3 is 2.62 bits per heavy atom. The van der Waals surface area contributed by atoms with E-state index in [1.165, 1.54) is 24.0 Å². The molecule has 1 aliphatic rings. The minimum atomic E-state index is 0.314. The van der Waals surface area contributed by atoms with Crippen LogP contribution in [0, 0.1) is 6.92 Å². The van der Waals surface area contributed by atoms with Crippen molar-refractivity contribution in [2.75, 3.05) is 17.7 Å². The third-order valence-corrected chi connectivity index (χ3v) is 5.00. The first-order valence-corrected chi connectivity index (χ1v) is 9.21. The van der Waals surface area contributed by atoms with Crippen LogP contribution in [0.5, 0.6) is 0 Å². The number of fused-ring (bicyclic) bond motifs is 1. The van der Waals surface area contributed by atoms with Crippen LogP contribution in [-0.4, -0.2) is 17.0 Å². The number of nitrogens with zero attached hydrogens (tertiary/aromatic N) is 2. The van der Waals surface area contributed by atoms with Crippen LogP contribution in [0.3, 0.4) is 0 Å². The van der Waals surface area contributed by atoms with Gasteiger partial charge in [-0.25, -0.2) is 9.97 Å². The molecule has 26 heavy (non-hydrogen) atoms. The fourth-order valence-electron chi connectivity index (χ4n) is 3.68. The van der Waals surface area contributed by atoms with Crippen molar-refractivity contribution in [2.45, 2.75) is 32.2 Å². The van der Waals surface area contributed by atoms with Crippen molar-refractivity contribution in [1.29, 1.82) is 0 Å². The normalized spacial score (nSPS) is 16.0. The molecule has 1 heterocycles. The van der Waals surface area contributed by atoms with E-state index >= 15 is 0 Å². The molecule has 2 aromatic carbocycles. The van der Waals surface area contributed by atoms with Gasteiger partial charge in [0.25, 0.3) is 0 Å². The van der Waals surface area contributed by atoms with Crippen molar-refractivity contribution in [3.63, 3.8) is 0 Å². The Balaban J connectivity index is 1.63. The average Bonchev–Trinajstić information content (AvgIpc) is 2.68. The molecule has 1 aliphatic carbocycles. The van der Waals surface area contributed by atoms with Gasteiger partial charge in [-0.1, -0.05) is 36.4 Å². The van der Waals surface area contributed by atoms with Crippen LogP contribution >= 0.6 is 0 Å². The van der Waals surface area contributed by atoms with Gasteiger partial charge in [-0.05, 0) is 49.4 Å². The van der Waals surface area contributed by atoms with E-state index in [1.54, 1.807) is 0 Å². The van der Waals surface area contributed by atoms with Gasteiger partial charge in [0.05, 0.1) is 11.7 Å². The molecule has 0 aliphatic heterocycles. The summed E-state index contributed by atoms with van der Waals surface area (Å²) in [6.07, 6.45) is 3.50. The van der Waals surface area contributed by atoms with E-state index in [2.05, 4.69) is 75.2 Å². The van der Waals surface area contributed by atoms with Crippen molar-refractivity contribution in [3.8, 4) is 11.3 Å². The molecule has 4 nitrogen and oxygen atoms in total. The molecule has 132 valence electrons. The molecule has 1 aromatic heterocycles. The summed E-state index contributed by atoms with van der Waals surface area (Å²) in [6, 6.07) is 19.4. The highest BCUT2D eigenvalue weighted by Gasteiger charge is 2.20. The number of rotatable bonds is 4. The minimum Gasteiger partial charge on any atom is -0.388 e. The highest BCUT2D eigenvalue weighted by molar-refractivity contribution is 5.65. The van der Waals surface area contributed by atoms with Crippen LogP contribution < -0.4 is 10.6 Å². The smallest absolute Gasteiger partial charge is 0.130 e. The van der Waals surface area contributed by atoms with E-state index in [1.807, 2.05) is 14.0 Å². The molecular weight excluding hydrogens is 320 g/mol. The first kappa shape index (κ1) is 16.6. The van der Waals surface area contributed by atoms with Crippen LogP contribution in [0.4, 0.5) is 11.5 Å². The molecule has 0 bridgehead atoms. The van der Waals surface area contributed by atoms with E-state index in [-0.39, 0.29) is 0 Å². The molecule has 2 N–H and O–H groups in total. The van der Waals surface area contributed by atoms with Crippen LogP contribution in [0.15, 0.2) is 54.6 Å². The summed E-state index contributed by atoms with van der Waals surface area (Å²) in [5.74, 6) is 1.68. The van der Waals surface area contributed by atoms with Crippen molar-refractivity contribution >= 4 is 11.5 Å². The van der Waals surface area contributed by atoms with Gasteiger partial charge in [-0.3, -0.25) is 0 Å². The first-order valence-electron chi connectivity index (χ1n) is 9.21. The Labute approximate surface area is 154 Å². The fourth-order valence-corrected chi connectivity index (χ4v) is 3.68. The third kappa shape index (κ3) is 3.40. The van der Waals surface area contributed by atoms with Gasteiger partial charge in [-0.15, -0.1) is 0 Å². The maximum atomic E-state index is 4.63. The van der Waals surface area contributed by atoms with Crippen LogP contribution in [0.2, 0.25) is 0 Å². The predicted molar refractivity (Wildman–Crippen MR) is 107 cm³/mol. The molecular formula is C22H24N4. The zero-order valence-corrected chi connectivity index (χ0v) is 15.3. The van der Waals surface area contributed by atoms with Crippen LogP contribution in [-0.2, 0) is 6.42 Å². The van der Waals surface area contributed by atoms with Crippen molar-refractivity contribution in [2.24, 2.45) is 0 Å². The standard InChI is InChI=1S/C22H24N4/c1-15-24-21(17-10-12-18(23-2)13-11-17)14-22(25-15)26-20-9-5-7-16-6-3-4-8-19(16)20/h3-4,6,8,10-14,20,23H,5,7,9H2,1-2H3,(H,24,25,26)/t20-/m1/s1. The molecule has 0 radical (unpaired) electrons. The van der Waals surface area contributed by atoms with E-state index in [0.29, 0.717) is 6.04 Å². The molecule has 3 aromatic rings. The number of nitrogens with one attached hydrogen (secondary N) is 2. The Morgan fingerprint density at radius 1 is 1.00 bits per heavy atom. The van der Waals surface area contributed by atoms with Crippen molar-refractivity contribution < 1.29 is 0 Å². The van der Waals surface area contributed by atoms with Gasteiger partial charge in [-0.2, -0.15) is 0 Å². The maximum absolute atomic E-state index is 4.63. The summed E-state index contributed by atoms with van der Waals surface area (Å²) in [5, 5.41) is 6.79. The Morgan fingerprint density at radius 2 is 1.81 bits per heavy atom. The lowest BCUT2D eigenvalue weighted by Crippen LogP contribution is -2.18. The molecule has 4 heteroatoms. The van der Waals surface area contributed by atoms with Crippen LogP contribution in [0.25, 0.3) is 11.3 Å². The zero-order chi connectivity index (χ0) is 17.9. The van der Waals surface area contributed by atoms with Gasteiger partial charge in [0.2, 0.25) is 0 Å². The number of aromatic nitrogens is 2. The number of aryl methyl sites for hydroxylation is 2. The van der Waals surface area contributed by atoms with Gasteiger partial charge in [0, 0.05) is 24.4 Å². The van der Waals surface area contributed by atoms with Crippen LogP contribution in [0.1, 0.15) is 35.8 Å². The fraction of sp³-hybridized carbons (Fsp3) is 0.273. The Hall–Kier alpha value is -2.88. The maximum Gasteiger partial charge on any atom is 0.130 e. The number of hydrogen-bond donors (Lipinski definition) is 2. The SMILES string of the molecule is CNc1ccc(-c2cc(N[C@@H]3CCCc4ccccc43)nc(C)n2)cc1. The molecule has 0 amide bonds. The van der Waals surface area contributed by atoms with Gasteiger partial charge in [0.15, 0.2) is 0 Å². The Kier molecular flexibility index (Phi) is 4.57. The van der Waals surface area contributed by atoms with E-state index in [9.17, 15) is 0 Å². The van der Waals surface area contributed by atoms with Crippen molar-refractivity contribution in [3.05, 3.63) is 71.5 Å². The second-order valence-electron chi connectivity index (χ2n) is 6.80. The largest absolute Gasteiger partial charge is 0.388 e. The monoisotopic (exact) mass is 344 g/mol. The summed E-state index contributed by atoms with van der Waals surface area (Å²) >= 11 is 0. The summed E-state index contributed by atoms with van der Waals surface area (Å²) in [6.45, 7) is 1.95. The molecule has 1 atom stereocenters. The molecule has 0 fully saturated rings. The second kappa shape index (κ2) is 7.16. The van der Waals surface area contributed by atoms with Gasteiger partial charge < -0.3 is 10.6 Å². The third-order valence-electron chi connectivity index (χ3n) is 5.00. The van der Waals surface area contributed by atoms with E-state index in [4.69, 9.17) is 0 Å². The first-order chi connectivity index (χ1) is 12.7. The lowest BCUT2D eigenvalue weighted by Gasteiger charge is -2.27. The van der Waals surface area contributed by atoms with Gasteiger partial charge >= 0.3 is 0 Å². The topological polar surface area (TPSA) is 49.8 Å². The predicted octanol–water partition coefficient (Wildman–Crippen LogP) is 4.98. The lowest BCUT2D eigenvalue weighted by atomic mass is 9.88. The molecule has 0 unspecified atom stereocenters. The summed E-state index contributed by atoms with van der Waals surface area (Å²) in [4.78, 5) is 9.25. The second-order valence-corrected chi connectivity index (χ2v) is 6.80. The van der Waals surface area contributed by atoms with E-state index < -0.39 is 0 Å². The minimum absolute atomic E-state index is 0.314. The molecule has 4 rings (SSSR count). The van der Waals surface area contributed by atoms with Crippen molar-refractivity contribution in [1.82, 2.24) is 9.97 Å². The lowest BCUT2D eigenvalue weighted by molar-refractivity contribution is 0.598.